The topological polar surface area (TPSA) is 32.3 Å². The number of rotatable bonds is 6. The number of halogens is 1. The van der Waals surface area contributed by atoms with Crippen LogP contribution >= 0.6 is 23.4 Å². The van der Waals surface area contributed by atoms with Gasteiger partial charge in [0.2, 0.25) is 5.91 Å². The Balaban J connectivity index is 1.55. The van der Waals surface area contributed by atoms with Crippen molar-refractivity contribution in [1.29, 1.82) is 0 Å². The van der Waals surface area contributed by atoms with E-state index in [1.54, 1.807) is 11.8 Å². The summed E-state index contributed by atoms with van der Waals surface area (Å²) < 4.78 is 0. The molecule has 0 aliphatic carbocycles. The molecular weight excluding hydrogens is 388 g/mol. The van der Waals surface area contributed by atoms with Crippen molar-refractivity contribution >= 4 is 35.0 Å². The number of carbonyl (C=O) groups excluding carboxylic acids is 1. The molecule has 0 spiro atoms. The van der Waals surface area contributed by atoms with Crippen LogP contribution in [0, 0.1) is 5.92 Å². The average molecular weight is 417 g/mol. The van der Waals surface area contributed by atoms with Crippen LogP contribution < -0.4 is 10.2 Å². The van der Waals surface area contributed by atoms with E-state index >= 15 is 0 Å². The molecule has 1 aliphatic heterocycles. The quantitative estimate of drug-likeness (QED) is 0.592. The molecule has 150 valence electrons. The predicted octanol–water partition coefficient (Wildman–Crippen LogP) is 5.93. The molecule has 1 fully saturated rings. The third-order valence-corrected chi connectivity index (χ3v) is 6.63. The number of nitrogens with zero attached hydrogens (tertiary/aromatic N) is 1. The van der Waals surface area contributed by atoms with Gasteiger partial charge < -0.3 is 10.2 Å². The minimum atomic E-state index is -0.169. The van der Waals surface area contributed by atoms with Crippen LogP contribution in [0.5, 0.6) is 0 Å². The van der Waals surface area contributed by atoms with Crippen LogP contribution in [0.3, 0.4) is 0 Å². The van der Waals surface area contributed by atoms with Gasteiger partial charge in [-0.25, -0.2) is 0 Å². The Labute approximate surface area is 177 Å². The van der Waals surface area contributed by atoms with Crippen LogP contribution in [0.1, 0.15) is 45.2 Å². The molecule has 1 aliphatic rings. The van der Waals surface area contributed by atoms with E-state index in [4.69, 9.17) is 11.6 Å². The van der Waals surface area contributed by atoms with E-state index in [1.165, 1.54) is 18.5 Å². The number of piperidine rings is 1. The van der Waals surface area contributed by atoms with Crippen molar-refractivity contribution in [2.75, 3.05) is 18.0 Å². The molecule has 0 radical (unpaired) electrons. The molecule has 1 N–H and O–H groups in total. The van der Waals surface area contributed by atoms with E-state index in [0.29, 0.717) is 5.02 Å². The first-order valence-electron chi connectivity index (χ1n) is 10.00. The molecule has 3 nitrogen and oxygen atoms in total. The zero-order chi connectivity index (χ0) is 20.1. The zero-order valence-electron chi connectivity index (χ0n) is 16.8. The fraction of sp³-hybridized carbons (Fsp3) is 0.435. The van der Waals surface area contributed by atoms with E-state index in [9.17, 15) is 4.79 Å². The first kappa shape index (κ1) is 21.1. The van der Waals surface area contributed by atoms with Gasteiger partial charge in [0.15, 0.2) is 0 Å². The molecule has 3 atom stereocenters. The summed E-state index contributed by atoms with van der Waals surface area (Å²) in [6.45, 7) is 8.55. The molecule has 1 amide bonds. The minimum absolute atomic E-state index is 0.0184. The smallest absolute Gasteiger partial charge is 0.233 e. The van der Waals surface area contributed by atoms with E-state index < -0.39 is 0 Å². The lowest BCUT2D eigenvalue weighted by molar-refractivity contribution is -0.120. The largest absolute Gasteiger partial charge is 0.371 e. The Hall–Kier alpha value is -1.65. The minimum Gasteiger partial charge on any atom is -0.371 e. The molecule has 0 unspecified atom stereocenters. The summed E-state index contributed by atoms with van der Waals surface area (Å²) in [5.74, 6) is 0.799. The maximum absolute atomic E-state index is 12.6. The molecule has 0 bridgehead atoms. The lowest BCUT2D eigenvalue weighted by Gasteiger charge is -2.33. The van der Waals surface area contributed by atoms with Gasteiger partial charge >= 0.3 is 0 Å². The van der Waals surface area contributed by atoms with Crippen molar-refractivity contribution in [1.82, 2.24) is 5.32 Å². The van der Waals surface area contributed by atoms with Gasteiger partial charge in [-0.1, -0.05) is 30.7 Å². The Morgan fingerprint density at radius 1 is 1.14 bits per heavy atom. The zero-order valence-corrected chi connectivity index (χ0v) is 18.4. The van der Waals surface area contributed by atoms with Gasteiger partial charge in [-0.05, 0) is 74.6 Å². The summed E-state index contributed by atoms with van der Waals surface area (Å²) in [5.41, 5.74) is 2.41. The van der Waals surface area contributed by atoms with Crippen molar-refractivity contribution in [2.24, 2.45) is 5.92 Å². The van der Waals surface area contributed by atoms with Crippen molar-refractivity contribution in [3.63, 3.8) is 0 Å². The molecule has 5 heteroatoms. The normalized spacial score (nSPS) is 19.1. The van der Waals surface area contributed by atoms with Crippen LogP contribution in [0.4, 0.5) is 5.69 Å². The third kappa shape index (κ3) is 5.68. The highest BCUT2D eigenvalue weighted by Crippen LogP contribution is 2.27. The van der Waals surface area contributed by atoms with Crippen molar-refractivity contribution in [3.05, 3.63) is 59.1 Å². The van der Waals surface area contributed by atoms with Gasteiger partial charge in [-0.3, -0.25) is 4.79 Å². The second-order valence-electron chi connectivity index (χ2n) is 7.73. The Kier molecular flexibility index (Phi) is 7.30. The van der Waals surface area contributed by atoms with Crippen LogP contribution in [0.25, 0.3) is 0 Å². The lowest BCUT2D eigenvalue weighted by atomic mass is 9.99. The monoisotopic (exact) mass is 416 g/mol. The summed E-state index contributed by atoms with van der Waals surface area (Å²) in [7, 11) is 0. The molecule has 2 aromatic carbocycles. The van der Waals surface area contributed by atoms with Gasteiger partial charge in [-0.15, -0.1) is 11.8 Å². The van der Waals surface area contributed by atoms with E-state index in [1.807, 2.05) is 38.1 Å². The molecule has 1 saturated heterocycles. The van der Waals surface area contributed by atoms with E-state index in [0.717, 1.165) is 29.5 Å². The maximum Gasteiger partial charge on any atom is 0.233 e. The van der Waals surface area contributed by atoms with Crippen molar-refractivity contribution in [3.8, 4) is 0 Å². The molecule has 0 saturated carbocycles. The molecule has 3 rings (SSSR count). The predicted molar refractivity (Wildman–Crippen MR) is 120 cm³/mol. The fourth-order valence-electron chi connectivity index (χ4n) is 3.58. The van der Waals surface area contributed by atoms with Gasteiger partial charge in [0.05, 0.1) is 11.3 Å². The number of benzene rings is 2. The van der Waals surface area contributed by atoms with Crippen LogP contribution in [-0.4, -0.2) is 24.2 Å². The van der Waals surface area contributed by atoms with Gasteiger partial charge in [0.1, 0.15) is 0 Å². The first-order chi connectivity index (χ1) is 13.4. The standard InChI is InChI=1S/C23H29ClN2OS/c1-16-5-4-14-26(15-16)21-10-6-19(7-11-21)17(2)25-23(27)18(3)28-22-12-8-20(24)9-13-22/h6-13,16-18H,4-5,14-15H2,1-3H3,(H,25,27)/t16-,17-,18-/m1/s1. The number of amides is 1. The summed E-state index contributed by atoms with van der Waals surface area (Å²) in [6.07, 6.45) is 2.59. The summed E-state index contributed by atoms with van der Waals surface area (Å²) in [4.78, 5) is 16.1. The fourth-order valence-corrected chi connectivity index (χ4v) is 4.59. The molecular formula is C23H29ClN2OS. The number of hydrogen-bond donors (Lipinski definition) is 1. The summed E-state index contributed by atoms with van der Waals surface area (Å²) in [5, 5.41) is 3.67. The van der Waals surface area contributed by atoms with Crippen LogP contribution in [0.15, 0.2) is 53.4 Å². The van der Waals surface area contributed by atoms with Crippen LogP contribution in [-0.2, 0) is 4.79 Å². The van der Waals surface area contributed by atoms with E-state index in [-0.39, 0.29) is 17.2 Å². The number of thioether (sulfide) groups is 1. The SMILES string of the molecule is C[C@@H]1CCCN(c2ccc([C@@H](C)NC(=O)[C@@H](C)Sc3ccc(Cl)cc3)cc2)C1. The molecule has 1 heterocycles. The summed E-state index contributed by atoms with van der Waals surface area (Å²) in [6, 6.07) is 16.2. The van der Waals surface area contributed by atoms with Gasteiger partial charge in [0.25, 0.3) is 0 Å². The first-order valence-corrected chi connectivity index (χ1v) is 11.3. The molecule has 28 heavy (non-hydrogen) atoms. The number of anilines is 1. The Morgan fingerprint density at radius 2 is 1.82 bits per heavy atom. The van der Waals surface area contributed by atoms with Crippen molar-refractivity contribution < 1.29 is 4.79 Å². The number of carbonyl (C=O) groups is 1. The summed E-state index contributed by atoms with van der Waals surface area (Å²) >= 11 is 7.47. The average Bonchev–Trinajstić information content (AvgIpc) is 2.69. The Morgan fingerprint density at radius 3 is 2.46 bits per heavy atom. The molecule has 0 aromatic heterocycles. The van der Waals surface area contributed by atoms with Gasteiger partial charge in [-0.2, -0.15) is 0 Å². The maximum atomic E-state index is 12.6. The number of nitrogens with one attached hydrogen (secondary N) is 1. The highest BCUT2D eigenvalue weighted by molar-refractivity contribution is 8.00. The second kappa shape index (κ2) is 9.71. The highest BCUT2D eigenvalue weighted by atomic mass is 35.5. The van der Waals surface area contributed by atoms with Crippen LogP contribution in [0.2, 0.25) is 5.02 Å². The molecule has 2 aromatic rings. The van der Waals surface area contributed by atoms with Crippen molar-refractivity contribution in [2.45, 2.75) is 49.8 Å². The third-order valence-electron chi connectivity index (χ3n) is 5.27. The van der Waals surface area contributed by atoms with E-state index in [2.05, 4.69) is 41.4 Å². The lowest BCUT2D eigenvalue weighted by Crippen LogP contribution is -2.34. The second-order valence-corrected chi connectivity index (χ2v) is 9.58. The Bertz CT molecular complexity index is 778. The van der Waals surface area contributed by atoms with Gasteiger partial charge in [0, 0.05) is 28.7 Å². The number of hydrogen-bond acceptors (Lipinski definition) is 3. The highest BCUT2D eigenvalue weighted by Gasteiger charge is 2.19.